The van der Waals surface area contributed by atoms with Crippen molar-refractivity contribution in [2.24, 2.45) is 12.2 Å². The number of carbonyl (C=O) groups is 1. The molecule has 0 unspecified atom stereocenters. The molecule has 2 rings (SSSR count). The number of hydrogen-bond acceptors (Lipinski definition) is 5. The van der Waals surface area contributed by atoms with Crippen LogP contribution >= 0.6 is 0 Å². The molecule has 0 aliphatic rings. The number of aryl methyl sites for hydroxylation is 2. The van der Waals surface area contributed by atoms with E-state index in [-0.39, 0.29) is 22.0 Å². The lowest BCUT2D eigenvalue weighted by Crippen LogP contribution is -2.17. The predicted octanol–water partition coefficient (Wildman–Crippen LogP) is 0.334. The van der Waals surface area contributed by atoms with Crippen molar-refractivity contribution in [2.45, 2.75) is 11.8 Å². The van der Waals surface area contributed by atoms with Gasteiger partial charge in [0.2, 0.25) is 10.0 Å². The Morgan fingerprint density at radius 1 is 1.43 bits per heavy atom. The number of nitrogens with zero attached hydrogens (tertiary/aromatic N) is 2. The summed E-state index contributed by atoms with van der Waals surface area (Å²) in [7, 11) is -2.50. The fourth-order valence-corrected chi connectivity index (χ4v) is 2.35. The molecule has 0 saturated carbocycles. The number of phenols is 1. The summed E-state index contributed by atoms with van der Waals surface area (Å²) in [6, 6.07) is 4.36. The lowest BCUT2D eigenvalue weighted by atomic mass is 10.1. The van der Waals surface area contributed by atoms with Crippen LogP contribution in [0.2, 0.25) is 0 Å². The monoisotopic (exact) mass is 310 g/mol. The van der Waals surface area contributed by atoms with E-state index in [0.29, 0.717) is 5.56 Å². The summed E-state index contributed by atoms with van der Waals surface area (Å²) >= 11 is 0. The first-order valence-corrected chi connectivity index (χ1v) is 7.40. The molecule has 9 heteroatoms. The molecule has 1 heterocycles. The molecule has 0 radical (unpaired) electrons. The molecule has 4 N–H and O–H groups in total. The number of phenolic OH excluding ortho intramolecular Hbond substituents is 1. The smallest absolute Gasteiger partial charge is 0.257 e. The molecule has 0 saturated heterocycles. The maximum absolute atomic E-state index is 12.1. The molecule has 2 aromatic rings. The van der Waals surface area contributed by atoms with Gasteiger partial charge in [0.1, 0.15) is 10.6 Å². The topological polar surface area (TPSA) is 127 Å². The number of nitrogens with two attached hydrogens (primary N) is 1. The van der Waals surface area contributed by atoms with E-state index >= 15 is 0 Å². The van der Waals surface area contributed by atoms with Crippen molar-refractivity contribution >= 4 is 21.7 Å². The highest BCUT2D eigenvalue weighted by Crippen LogP contribution is 2.21. The van der Waals surface area contributed by atoms with Gasteiger partial charge in [-0.25, -0.2) is 13.6 Å². The van der Waals surface area contributed by atoms with Crippen molar-refractivity contribution in [3.05, 3.63) is 35.5 Å². The van der Waals surface area contributed by atoms with Crippen molar-refractivity contribution in [1.82, 2.24) is 9.78 Å². The van der Waals surface area contributed by atoms with Crippen LogP contribution < -0.4 is 10.5 Å². The zero-order chi connectivity index (χ0) is 15.8. The summed E-state index contributed by atoms with van der Waals surface area (Å²) in [5.74, 6) is -0.797. The molecule has 8 nitrogen and oxygen atoms in total. The number of amides is 1. The summed E-state index contributed by atoms with van der Waals surface area (Å²) in [5.41, 5.74) is 0.790. The van der Waals surface area contributed by atoms with E-state index < -0.39 is 15.9 Å². The summed E-state index contributed by atoms with van der Waals surface area (Å²) in [6.07, 6.45) is 1.19. The Labute approximate surface area is 121 Å². The number of anilines is 1. The Morgan fingerprint density at radius 2 is 2.10 bits per heavy atom. The van der Waals surface area contributed by atoms with Crippen molar-refractivity contribution in [3.63, 3.8) is 0 Å². The van der Waals surface area contributed by atoms with Crippen molar-refractivity contribution in [1.29, 1.82) is 0 Å². The van der Waals surface area contributed by atoms with Gasteiger partial charge in [0.15, 0.2) is 5.82 Å². The summed E-state index contributed by atoms with van der Waals surface area (Å²) < 4.78 is 24.1. The van der Waals surface area contributed by atoms with E-state index in [4.69, 9.17) is 5.14 Å². The molecule has 1 aromatic carbocycles. The van der Waals surface area contributed by atoms with Gasteiger partial charge >= 0.3 is 0 Å². The first-order valence-electron chi connectivity index (χ1n) is 5.86. The van der Waals surface area contributed by atoms with Crippen molar-refractivity contribution in [2.75, 3.05) is 5.32 Å². The number of benzene rings is 1. The minimum atomic E-state index is -4.00. The number of aromatic hydroxyl groups is 1. The predicted molar refractivity (Wildman–Crippen MR) is 75.4 cm³/mol. The highest BCUT2D eigenvalue weighted by atomic mass is 32.2. The zero-order valence-corrected chi connectivity index (χ0v) is 12.2. The SMILES string of the molecule is Cc1ccc(C(=O)Nc2nn(C)cc2S(N)(=O)=O)cc1O. The number of sulfonamides is 1. The minimum Gasteiger partial charge on any atom is -0.508 e. The van der Waals surface area contributed by atoms with Crippen molar-refractivity contribution < 1.29 is 18.3 Å². The number of primary sulfonamides is 1. The zero-order valence-electron chi connectivity index (χ0n) is 11.4. The molecule has 0 bridgehead atoms. The molecule has 0 atom stereocenters. The lowest BCUT2D eigenvalue weighted by molar-refractivity contribution is 0.102. The van der Waals surface area contributed by atoms with Crippen LogP contribution in [-0.4, -0.2) is 29.2 Å². The van der Waals surface area contributed by atoms with Crippen LogP contribution in [0.1, 0.15) is 15.9 Å². The average molecular weight is 310 g/mol. The van der Waals surface area contributed by atoms with E-state index in [0.717, 1.165) is 0 Å². The minimum absolute atomic E-state index is 0.0321. The standard InChI is InChI=1S/C12H14N4O4S/c1-7-3-4-8(5-9(7)17)12(18)14-11-10(21(13,19)20)6-16(2)15-11/h3-6,17H,1-2H3,(H2,13,19,20)(H,14,15,18). The van der Waals surface area contributed by atoms with Crippen LogP contribution in [0.15, 0.2) is 29.3 Å². The first kappa shape index (κ1) is 15.0. The van der Waals surface area contributed by atoms with Crippen LogP contribution in [0.4, 0.5) is 5.82 Å². The largest absolute Gasteiger partial charge is 0.508 e. The molecule has 112 valence electrons. The van der Waals surface area contributed by atoms with Crippen LogP contribution in [0.5, 0.6) is 5.75 Å². The number of hydrogen-bond donors (Lipinski definition) is 3. The number of rotatable bonds is 3. The lowest BCUT2D eigenvalue weighted by Gasteiger charge is -2.05. The highest BCUT2D eigenvalue weighted by molar-refractivity contribution is 7.89. The Morgan fingerprint density at radius 3 is 2.67 bits per heavy atom. The van der Waals surface area contributed by atoms with Crippen molar-refractivity contribution in [3.8, 4) is 5.75 Å². The molecule has 0 fully saturated rings. The fraction of sp³-hybridized carbons (Fsp3) is 0.167. The molecule has 0 spiro atoms. The molecule has 1 aromatic heterocycles. The number of nitrogens with one attached hydrogen (secondary N) is 1. The molecule has 0 aliphatic carbocycles. The van der Waals surface area contributed by atoms with Gasteiger partial charge in [-0.2, -0.15) is 5.10 Å². The second-order valence-electron chi connectivity index (χ2n) is 4.52. The Kier molecular flexibility index (Phi) is 3.71. The average Bonchev–Trinajstić information content (AvgIpc) is 2.73. The van der Waals surface area contributed by atoms with Gasteiger partial charge in [-0.05, 0) is 24.6 Å². The van der Waals surface area contributed by atoms with Gasteiger partial charge in [0, 0.05) is 18.8 Å². The quantitative estimate of drug-likeness (QED) is 0.753. The molecule has 21 heavy (non-hydrogen) atoms. The first-order chi connectivity index (χ1) is 9.68. The van der Waals surface area contributed by atoms with E-state index in [1.165, 1.54) is 30.1 Å². The fourth-order valence-electron chi connectivity index (χ4n) is 1.69. The molecular formula is C12H14N4O4S. The van der Waals surface area contributed by atoms with Crippen LogP contribution in [0.25, 0.3) is 0 Å². The summed E-state index contributed by atoms with van der Waals surface area (Å²) in [4.78, 5) is 11.8. The Bertz CT molecular complexity index is 811. The number of aromatic nitrogens is 2. The van der Waals surface area contributed by atoms with Gasteiger partial charge < -0.3 is 10.4 Å². The van der Waals surface area contributed by atoms with E-state index in [1.807, 2.05) is 0 Å². The van der Waals surface area contributed by atoms with Crippen LogP contribution in [0, 0.1) is 6.92 Å². The second-order valence-corrected chi connectivity index (χ2v) is 6.05. The van der Waals surface area contributed by atoms with Gasteiger partial charge in [-0.15, -0.1) is 0 Å². The van der Waals surface area contributed by atoms with E-state index in [1.54, 1.807) is 13.0 Å². The summed E-state index contributed by atoms with van der Waals surface area (Å²) in [5, 5.41) is 20.8. The second kappa shape index (κ2) is 5.19. The van der Waals surface area contributed by atoms with E-state index in [9.17, 15) is 18.3 Å². The van der Waals surface area contributed by atoms with E-state index in [2.05, 4.69) is 10.4 Å². The Hall–Kier alpha value is -2.39. The maximum atomic E-state index is 12.1. The molecule has 0 aliphatic heterocycles. The number of carbonyl (C=O) groups excluding carboxylic acids is 1. The molecular weight excluding hydrogens is 296 g/mol. The van der Waals surface area contributed by atoms with Gasteiger partial charge in [-0.1, -0.05) is 6.07 Å². The third-order valence-electron chi connectivity index (χ3n) is 2.81. The normalized spacial score (nSPS) is 11.4. The molecule has 1 amide bonds. The maximum Gasteiger partial charge on any atom is 0.257 e. The third kappa shape index (κ3) is 3.20. The van der Waals surface area contributed by atoms with Gasteiger partial charge in [0.05, 0.1) is 0 Å². The van der Waals surface area contributed by atoms with Crippen LogP contribution in [0.3, 0.4) is 0 Å². The highest BCUT2D eigenvalue weighted by Gasteiger charge is 2.20. The Balaban J connectivity index is 2.34. The van der Waals surface area contributed by atoms with Gasteiger partial charge in [-0.3, -0.25) is 9.48 Å². The summed E-state index contributed by atoms with van der Waals surface area (Å²) in [6.45, 7) is 1.69. The third-order valence-corrected chi connectivity index (χ3v) is 3.72. The van der Waals surface area contributed by atoms with Crippen LogP contribution in [-0.2, 0) is 17.1 Å². The van der Waals surface area contributed by atoms with Gasteiger partial charge in [0.25, 0.3) is 5.91 Å².